The third kappa shape index (κ3) is 2.86. The summed E-state index contributed by atoms with van der Waals surface area (Å²) in [7, 11) is 1.50. The van der Waals surface area contributed by atoms with Crippen molar-refractivity contribution in [2.45, 2.75) is 25.7 Å². The molecule has 2 atom stereocenters. The van der Waals surface area contributed by atoms with Gasteiger partial charge in [-0.25, -0.2) is 0 Å². The van der Waals surface area contributed by atoms with E-state index in [-0.39, 0.29) is 11.3 Å². The lowest BCUT2D eigenvalue weighted by Gasteiger charge is -2.26. The van der Waals surface area contributed by atoms with Gasteiger partial charge in [-0.1, -0.05) is 30.3 Å². The van der Waals surface area contributed by atoms with E-state index < -0.39 is 0 Å². The van der Waals surface area contributed by atoms with Gasteiger partial charge >= 0.3 is 0 Å². The first-order valence-corrected chi connectivity index (χ1v) is 7.33. The minimum Gasteiger partial charge on any atom is -0.342 e. The number of hydrogen-bond acceptors (Lipinski definition) is 3. The summed E-state index contributed by atoms with van der Waals surface area (Å²) in [6.45, 7) is 6.17. The highest BCUT2D eigenvalue weighted by atomic mass is 16.2. The Hall–Kier alpha value is -1.39. The van der Waals surface area contributed by atoms with Crippen molar-refractivity contribution in [3.8, 4) is 0 Å². The monoisotopic (exact) mass is 277 g/mol. The molecule has 1 aromatic rings. The molecule has 4 N–H and O–H groups in total. The van der Waals surface area contributed by atoms with E-state index in [2.05, 4.69) is 17.9 Å². The molecule has 1 aliphatic rings. The van der Waals surface area contributed by atoms with E-state index in [0.29, 0.717) is 12.5 Å². The fraction of sp³-hybridized carbons (Fsp3) is 0.562. The molecule has 0 radical (unpaired) electrons. The number of carbonyl (C=O) groups is 1. The Labute approximate surface area is 122 Å². The highest BCUT2D eigenvalue weighted by molar-refractivity contribution is 5.92. The second-order valence-corrected chi connectivity index (χ2v) is 4.95. The van der Waals surface area contributed by atoms with Crippen LogP contribution in [0.15, 0.2) is 30.3 Å². The minimum absolute atomic E-state index is 0.245. The normalized spacial score (nSPS) is 23.6. The Morgan fingerprint density at radius 1 is 1.25 bits per heavy atom. The molecule has 2 rings (SSSR count). The SMILES string of the molecule is CCN(CC)C(=O)[C@]1(c2ccccc2)C[C@@H]1CN.CN. The van der Waals surface area contributed by atoms with Crippen LogP contribution in [0.1, 0.15) is 25.8 Å². The summed E-state index contributed by atoms with van der Waals surface area (Å²) in [5.74, 6) is 0.544. The molecule has 0 bridgehead atoms. The zero-order valence-corrected chi connectivity index (χ0v) is 12.8. The summed E-state index contributed by atoms with van der Waals surface area (Å²) in [5.41, 5.74) is 11.1. The molecule has 112 valence electrons. The van der Waals surface area contributed by atoms with Crippen molar-refractivity contribution in [3.05, 3.63) is 35.9 Å². The first-order chi connectivity index (χ1) is 9.70. The van der Waals surface area contributed by atoms with Gasteiger partial charge < -0.3 is 16.4 Å². The highest BCUT2D eigenvalue weighted by Crippen LogP contribution is 2.54. The van der Waals surface area contributed by atoms with Gasteiger partial charge in [0.15, 0.2) is 0 Å². The number of rotatable bonds is 5. The first-order valence-electron chi connectivity index (χ1n) is 7.33. The third-order valence-electron chi connectivity index (χ3n) is 4.11. The first kappa shape index (κ1) is 16.7. The van der Waals surface area contributed by atoms with Crippen molar-refractivity contribution in [3.63, 3.8) is 0 Å². The van der Waals surface area contributed by atoms with Crippen LogP contribution < -0.4 is 11.5 Å². The van der Waals surface area contributed by atoms with Crippen LogP contribution in [0.5, 0.6) is 0 Å². The summed E-state index contributed by atoms with van der Waals surface area (Å²) in [5, 5.41) is 0. The van der Waals surface area contributed by atoms with Gasteiger partial charge in [-0.2, -0.15) is 0 Å². The Bertz CT molecular complexity index is 417. The molecular formula is C16H27N3O. The summed E-state index contributed by atoms with van der Waals surface area (Å²) < 4.78 is 0. The summed E-state index contributed by atoms with van der Waals surface area (Å²) in [6, 6.07) is 10.1. The van der Waals surface area contributed by atoms with E-state index in [1.165, 1.54) is 7.05 Å². The van der Waals surface area contributed by atoms with Crippen molar-refractivity contribution < 1.29 is 4.79 Å². The van der Waals surface area contributed by atoms with Crippen LogP contribution in [0.3, 0.4) is 0 Å². The lowest BCUT2D eigenvalue weighted by molar-refractivity contribution is -0.134. The molecule has 4 heteroatoms. The molecule has 1 fully saturated rings. The average Bonchev–Trinajstić information content (AvgIpc) is 3.27. The van der Waals surface area contributed by atoms with Gasteiger partial charge in [0.05, 0.1) is 5.41 Å². The molecule has 0 heterocycles. The number of carbonyl (C=O) groups excluding carboxylic acids is 1. The third-order valence-corrected chi connectivity index (χ3v) is 4.11. The Balaban J connectivity index is 0.000000956. The number of hydrogen-bond donors (Lipinski definition) is 2. The second-order valence-electron chi connectivity index (χ2n) is 4.95. The molecule has 1 saturated carbocycles. The van der Waals surface area contributed by atoms with Crippen LogP contribution in [-0.2, 0) is 10.2 Å². The largest absolute Gasteiger partial charge is 0.342 e. The van der Waals surface area contributed by atoms with Gasteiger partial charge in [-0.3, -0.25) is 4.79 Å². The zero-order valence-electron chi connectivity index (χ0n) is 12.8. The molecule has 1 aromatic carbocycles. The van der Waals surface area contributed by atoms with E-state index in [1.807, 2.05) is 36.9 Å². The summed E-state index contributed by atoms with van der Waals surface area (Å²) in [4.78, 5) is 14.6. The lowest BCUT2D eigenvalue weighted by atomic mass is 9.91. The molecule has 0 aliphatic heterocycles. The van der Waals surface area contributed by atoms with Crippen molar-refractivity contribution in [1.29, 1.82) is 0 Å². The molecule has 20 heavy (non-hydrogen) atoms. The van der Waals surface area contributed by atoms with Crippen molar-refractivity contribution in [1.82, 2.24) is 4.90 Å². The van der Waals surface area contributed by atoms with Gasteiger partial charge in [0.1, 0.15) is 0 Å². The van der Waals surface area contributed by atoms with Gasteiger partial charge in [0.25, 0.3) is 0 Å². The predicted octanol–water partition coefficient (Wildman–Crippen LogP) is 1.35. The summed E-state index contributed by atoms with van der Waals surface area (Å²) in [6.07, 6.45) is 0.892. The van der Waals surface area contributed by atoms with E-state index in [0.717, 1.165) is 25.1 Å². The fourth-order valence-corrected chi connectivity index (χ4v) is 2.88. The van der Waals surface area contributed by atoms with Crippen molar-refractivity contribution in [2.75, 3.05) is 26.7 Å². The van der Waals surface area contributed by atoms with Crippen LogP contribution in [0.25, 0.3) is 0 Å². The van der Waals surface area contributed by atoms with E-state index in [9.17, 15) is 4.79 Å². The molecule has 0 saturated heterocycles. The smallest absolute Gasteiger partial charge is 0.233 e. The Morgan fingerprint density at radius 3 is 2.20 bits per heavy atom. The van der Waals surface area contributed by atoms with Crippen LogP contribution >= 0.6 is 0 Å². The molecular weight excluding hydrogens is 250 g/mol. The number of amides is 1. The molecule has 1 aliphatic carbocycles. The van der Waals surface area contributed by atoms with Crippen molar-refractivity contribution >= 4 is 5.91 Å². The van der Waals surface area contributed by atoms with Crippen LogP contribution in [0, 0.1) is 5.92 Å². The maximum atomic E-state index is 12.7. The van der Waals surface area contributed by atoms with Gasteiger partial charge in [0, 0.05) is 13.1 Å². The van der Waals surface area contributed by atoms with Gasteiger partial charge in [-0.15, -0.1) is 0 Å². The average molecular weight is 277 g/mol. The van der Waals surface area contributed by atoms with Gasteiger partial charge in [-0.05, 0) is 45.3 Å². The Morgan fingerprint density at radius 2 is 1.80 bits per heavy atom. The molecule has 1 amide bonds. The maximum Gasteiger partial charge on any atom is 0.233 e. The molecule has 4 nitrogen and oxygen atoms in total. The standard InChI is InChI=1S/C15H22N2O.CH5N/c1-3-17(4-2)14(18)15(10-13(15)11-16)12-8-6-5-7-9-12;1-2/h5-9,13H,3-4,10-11,16H2,1-2H3;2H2,1H3/t13-,15+;/m1./s1. The number of likely N-dealkylation sites (N-methyl/N-ethyl adjacent to an activating group) is 1. The minimum atomic E-state index is -0.345. The molecule has 0 spiro atoms. The molecule has 0 unspecified atom stereocenters. The number of nitrogens with two attached hydrogens (primary N) is 2. The quantitative estimate of drug-likeness (QED) is 0.853. The zero-order chi connectivity index (χ0) is 15.2. The second kappa shape index (κ2) is 7.41. The number of benzene rings is 1. The lowest BCUT2D eigenvalue weighted by Crippen LogP contribution is -2.40. The van der Waals surface area contributed by atoms with Gasteiger partial charge in [0.2, 0.25) is 5.91 Å². The predicted molar refractivity (Wildman–Crippen MR) is 83.3 cm³/mol. The Kier molecular flexibility index (Phi) is 6.17. The summed E-state index contributed by atoms with van der Waals surface area (Å²) >= 11 is 0. The van der Waals surface area contributed by atoms with E-state index in [1.54, 1.807) is 0 Å². The van der Waals surface area contributed by atoms with Crippen molar-refractivity contribution in [2.24, 2.45) is 17.4 Å². The van der Waals surface area contributed by atoms with Crippen LogP contribution in [-0.4, -0.2) is 37.5 Å². The van der Waals surface area contributed by atoms with Crippen LogP contribution in [0.4, 0.5) is 0 Å². The number of nitrogens with zero attached hydrogens (tertiary/aromatic N) is 1. The topological polar surface area (TPSA) is 72.3 Å². The molecule has 0 aromatic heterocycles. The highest BCUT2D eigenvalue weighted by Gasteiger charge is 2.61. The fourth-order valence-electron chi connectivity index (χ4n) is 2.88. The maximum absolute atomic E-state index is 12.7. The van der Waals surface area contributed by atoms with E-state index in [4.69, 9.17) is 5.73 Å². The van der Waals surface area contributed by atoms with Crippen LogP contribution in [0.2, 0.25) is 0 Å². The van der Waals surface area contributed by atoms with E-state index >= 15 is 0 Å².